The van der Waals surface area contributed by atoms with Crippen molar-refractivity contribution in [3.8, 4) is 0 Å². The smallest absolute Gasteiger partial charge is 0.260 e. The Bertz CT molecular complexity index is 636. The third kappa shape index (κ3) is 3.05. The number of piperazine rings is 1. The second kappa shape index (κ2) is 6.34. The molecule has 1 fully saturated rings. The van der Waals surface area contributed by atoms with Crippen molar-refractivity contribution < 1.29 is 9.59 Å². The lowest BCUT2D eigenvalue weighted by Crippen LogP contribution is -2.58. The minimum atomic E-state index is -0.542. The first kappa shape index (κ1) is 16.3. The van der Waals surface area contributed by atoms with Crippen LogP contribution in [0.4, 0.5) is 0 Å². The van der Waals surface area contributed by atoms with E-state index in [2.05, 4.69) is 18.8 Å². The number of hydrogen-bond donors (Lipinski definition) is 1. The van der Waals surface area contributed by atoms with Gasteiger partial charge in [0, 0.05) is 37.6 Å². The third-order valence-corrected chi connectivity index (χ3v) is 3.95. The van der Waals surface area contributed by atoms with E-state index in [1.54, 1.807) is 24.9 Å². The summed E-state index contributed by atoms with van der Waals surface area (Å²) in [7, 11) is 0. The van der Waals surface area contributed by atoms with E-state index < -0.39 is 6.04 Å². The molecule has 1 aromatic heterocycles. The normalized spacial score (nSPS) is 19.0. The number of pyridine rings is 1. The van der Waals surface area contributed by atoms with Crippen LogP contribution in [0.5, 0.6) is 0 Å². The Kier molecular flexibility index (Phi) is 4.68. The van der Waals surface area contributed by atoms with Crippen molar-refractivity contribution in [3.63, 3.8) is 0 Å². The summed E-state index contributed by atoms with van der Waals surface area (Å²) in [6.07, 6.45) is 2.98. The molecule has 1 unspecified atom stereocenters. The van der Waals surface area contributed by atoms with E-state index in [-0.39, 0.29) is 22.8 Å². The van der Waals surface area contributed by atoms with E-state index in [4.69, 9.17) is 0 Å². The number of aromatic amines is 1. The van der Waals surface area contributed by atoms with Gasteiger partial charge in [-0.2, -0.15) is 0 Å². The fourth-order valence-corrected chi connectivity index (χ4v) is 2.74. The van der Waals surface area contributed by atoms with Crippen LogP contribution in [-0.4, -0.2) is 52.3 Å². The second-order valence-electron chi connectivity index (χ2n) is 6.23. The molecule has 1 N–H and O–H groups in total. The van der Waals surface area contributed by atoms with E-state index in [0.717, 1.165) is 0 Å². The average Bonchev–Trinajstić information content (AvgIpc) is 2.46. The zero-order valence-electron chi connectivity index (χ0n) is 13.5. The molecule has 6 heteroatoms. The van der Waals surface area contributed by atoms with Gasteiger partial charge in [0.05, 0.1) is 0 Å². The van der Waals surface area contributed by atoms with E-state index in [1.165, 1.54) is 11.1 Å². The number of carbonyl (C=O) groups is 2. The first-order chi connectivity index (χ1) is 10.3. The van der Waals surface area contributed by atoms with Gasteiger partial charge in [0.1, 0.15) is 11.6 Å². The molecular formula is C16H23N3O3. The molecule has 0 spiro atoms. The topological polar surface area (TPSA) is 73.5 Å². The second-order valence-corrected chi connectivity index (χ2v) is 6.23. The van der Waals surface area contributed by atoms with Crippen LogP contribution < -0.4 is 5.43 Å². The quantitative estimate of drug-likeness (QED) is 0.906. The SMILES string of the molecule is Cc1c[nH]cc(C(=O)N2CCN(CC(C)C)C(=O)C2C)c1=O. The summed E-state index contributed by atoms with van der Waals surface area (Å²) < 4.78 is 0. The summed E-state index contributed by atoms with van der Waals surface area (Å²) in [5.74, 6) is -0.0506. The van der Waals surface area contributed by atoms with Crippen molar-refractivity contribution >= 4 is 11.8 Å². The largest absolute Gasteiger partial charge is 0.366 e. The standard InChI is InChI=1S/C16H23N3O3/c1-10(2)9-18-5-6-19(12(4)15(18)21)16(22)13-8-17-7-11(3)14(13)20/h7-8,10,12H,5-6,9H2,1-4H3,(H,17,20). The van der Waals surface area contributed by atoms with E-state index >= 15 is 0 Å². The predicted molar refractivity (Wildman–Crippen MR) is 83.7 cm³/mol. The van der Waals surface area contributed by atoms with Crippen LogP contribution in [0.1, 0.15) is 36.7 Å². The predicted octanol–water partition coefficient (Wildman–Crippen LogP) is 1.01. The van der Waals surface area contributed by atoms with Crippen LogP contribution >= 0.6 is 0 Å². The molecule has 22 heavy (non-hydrogen) atoms. The molecule has 1 atom stereocenters. The summed E-state index contributed by atoms with van der Waals surface area (Å²) in [5.41, 5.74) is 0.299. The van der Waals surface area contributed by atoms with Gasteiger partial charge >= 0.3 is 0 Å². The van der Waals surface area contributed by atoms with Gasteiger partial charge in [-0.15, -0.1) is 0 Å². The molecular weight excluding hydrogens is 282 g/mol. The molecule has 1 aromatic rings. The molecule has 0 radical (unpaired) electrons. The zero-order valence-corrected chi connectivity index (χ0v) is 13.5. The Balaban J connectivity index is 2.20. The van der Waals surface area contributed by atoms with Crippen molar-refractivity contribution in [2.75, 3.05) is 19.6 Å². The Hall–Kier alpha value is -2.11. The van der Waals surface area contributed by atoms with Gasteiger partial charge in [0.2, 0.25) is 5.91 Å². The van der Waals surface area contributed by atoms with Crippen molar-refractivity contribution in [3.05, 3.63) is 33.7 Å². The Morgan fingerprint density at radius 3 is 2.64 bits per heavy atom. The van der Waals surface area contributed by atoms with Crippen molar-refractivity contribution in [2.24, 2.45) is 5.92 Å². The summed E-state index contributed by atoms with van der Waals surface area (Å²) >= 11 is 0. The van der Waals surface area contributed by atoms with Gasteiger partial charge in [-0.1, -0.05) is 13.8 Å². The molecule has 1 aliphatic rings. The van der Waals surface area contributed by atoms with Crippen LogP contribution in [0.25, 0.3) is 0 Å². The zero-order chi connectivity index (χ0) is 16.4. The highest BCUT2D eigenvalue weighted by Gasteiger charge is 2.35. The summed E-state index contributed by atoms with van der Waals surface area (Å²) in [5, 5.41) is 0. The van der Waals surface area contributed by atoms with Gasteiger partial charge in [-0.05, 0) is 19.8 Å². The molecule has 120 valence electrons. The summed E-state index contributed by atoms with van der Waals surface area (Å²) in [6, 6.07) is -0.542. The molecule has 2 rings (SSSR count). The number of H-pyrrole nitrogens is 1. The first-order valence-corrected chi connectivity index (χ1v) is 7.60. The Morgan fingerprint density at radius 1 is 1.32 bits per heavy atom. The van der Waals surface area contributed by atoms with Gasteiger partial charge in [-0.25, -0.2) is 0 Å². The number of aryl methyl sites for hydroxylation is 1. The van der Waals surface area contributed by atoms with Crippen molar-refractivity contribution in [1.82, 2.24) is 14.8 Å². The monoisotopic (exact) mass is 305 g/mol. The average molecular weight is 305 g/mol. The number of amides is 2. The number of rotatable bonds is 3. The minimum absolute atomic E-state index is 0.0580. The lowest BCUT2D eigenvalue weighted by Gasteiger charge is -2.39. The number of aromatic nitrogens is 1. The van der Waals surface area contributed by atoms with Gasteiger partial charge in [-0.3, -0.25) is 14.4 Å². The first-order valence-electron chi connectivity index (χ1n) is 7.60. The van der Waals surface area contributed by atoms with E-state index in [1.807, 2.05) is 0 Å². The van der Waals surface area contributed by atoms with Crippen LogP contribution in [-0.2, 0) is 4.79 Å². The van der Waals surface area contributed by atoms with Gasteiger partial charge < -0.3 is 14.8 Å². The highest BCUT2D eigenvalue weighted by Crippen LogP contribution is 2.15. The molecule has 1 saturated heterocycles. The maximum absolute atomic E-state index is 12.6. The number of carbonyl (C=O) groups excluding carboxylic acids is 2. The van der Waals surface area contributed by atoms with Crippen molar-refractivity contribution in [2.45, 2.75) is 33.7 Å². The van der Waals surface area contributed by atoms with E-state index in [0.29, 0.717) is 31.1 Å². The van der Waals surface area contributed by atoms with Crippen LogP contribution in [0, 0.1) is 12.8 Å². The lowest BCUT2D eigenvalue weighted by atomic mass is 10.1. The summed E-state index contributed by atoms with van der Waals surface area (Å²) in [4.78, 5) is 43.2. The highest BCUT2D eigenvalue weighted by atomic mass is 16.2. The molecule has 0 bridgehead atoms. The molecule has 2 amide bonds. The molecule has 6 nitrogen and oxygen atoms in total. The third-order valence-electron chi connectivity index (χ3n) is 3.95. The van der Waals surface area contributed by atoms with E-state index in [9.17, 15) is 14.4 Å². The number of nitrogens with zero attached hydrogens (tertiary/aromatic N) is 2. The molecule has 0 aromatic carbocycles. The molecule has 0 saturated carbocycles. The maximum atomic E-state index is 12.6. The fourth-order valence-electron chi connectivity index (χ4n) is 2.74. The highest BCUT2D eigenvalue weighted by molar-refractivity contribution is 5.97. The minimum Gasteiger partial charge on any atom is -0.366 e. The number of hydrogen-bond acceptors (Lipinski definition) is 3. The molecule has 0 aliphatic carbocycles. The molecule has 1 aliphatic heterocycles. The van der Waals surface area contributed by atoms with Crippen LogP contribution in [0.3, 0.4) is 0 Å². The Labute approximate surface area is 130 Å². The lowest BCUT2D eigenvalue weighted by molar-refractivity contribution is -0.140. The van der Waals surface area contributed by atoms with Crippen LogP contribution in [0.2, 0.25) is 0 Å². The van der Waals surface area contributed by atoms with Gasteiger partial charge in [0.15, 0.2) is 5.43 Å². The number of nitrogens with one attached hydrogen (secondary N) is 1. The van der Waals surface area contributed by atoms with Crippen molar-refractivity contribution in [1.29, 1.82) is 0 Å². The fraction of sp³-hybridized carbons (Fsp3) is 0.562. The van der Waals surface area contributed by atoms with Crippen LogP contribution in [0.15, 0.2) is 17.2 Å². The summed E-state index contributed by atoms with van der Waals surface area (Å²) in [6.45, 7) is 9.14. The Morgan fingerprint density at radius 2 is 2.00 bits per heavy atom. The molecule has 2 heterocycles. The maximum Gasteiger partial charge on any atom is 0.260 e. The van der Waals surface area contributed by atoms with Gasteiger partial charge in [0.25, 0.3) is 5.91 Å².